The number of rotatable bonds is 9. The summed E-state index contributed by atoms with van der Waals surface area (Å²) in [6.45, 7) is 22.4. The number of aryl methyl sites for hydroxylation is 1. The van der Waals surface area contributed by atoms with Crippen LogP contribution in [0.3, 0.4) is 0 Å². The first-order valence-corrected chi connectivity index (χ1v) is 15.8. The average Bonchev–Trinajstić information content (AvgIpc) is 3.35. The first kappa shape index (κ1) is 32.4. The Balaban J connectivity index is 1.56. The van der Waals surface area contributed by atoms with Crippen molar-refractivity contribution >= 4 is 17.0 Å². The molecule has 0 spiro atoms. The monoisotopic (exact) mass is 581 g/mol. The summed E-state index contributed by atoms with van der Waals surface area (Å²) >= 11 is 0. The highest BCUT2D eigenvalue weighted by atomic mass is 16.5. The second-order valence-corrected chi connectivity index (χ2v) is 15.1. The fourth-order valence-electron chi connectivity index (χ4n) is 5.03. The first-order chi connectivity index (χ1) is 20.0. The van der Waals surface area contributed by atoms with Crippen molar-refractivity contribution in [3.05, 3.63) is 71.8 Å². The van der Waals surface area contributed by atoms with Gasteiger partial charge in [0, 0.05) is 17.5 Å². The summed E-state index contributed by atoms with van der Waals surface area (Å²) in [6.07, 6.45) is 2.96. The fourth-order valence-corrected chi connectivity index (χ4v) is 5.03. The quantitative estimate of drug-likeness (QED) is 0.146. The van der Waals surface area contributed by atoms with Crippen LogP contribution >= 0.6 is 0 Å². The molecule has 43 heavy (non-hydrogen) atoms. The predicted molar refractivity (Wildman–Crippen MR) is 179 cm³/mol. The summed E-state index contributed by atoms with van der Waals surface area (Å²) in [6, 6.07) is 22.1. The van der Waals surface area contributed by atoms with Crippen molar-refractivity contribution in [1.82, 2.24) is 15.0 Å². The predicted octanol–water partition coefficient (Wildman–Crippen LogP) is 9.90. The lowest BCUT2D eigenvalue weighted by atomic mass is 9.85. The highest BCUT2D eigenvalue weighted by molar-refractivity contribution is 6.00. The summed E-state index contributed by atoms with van der Waals surface area (Å²) in [5.74, 6) is -0.116. The molecule has 5 nitrogen and oxygen atoms in total. The van der Waals surface area contributed by atoms with Gasteiger partial charge in [-0.3, -0.25) is 4.79 Å². The van der Waals surface area contributed by atoms with E-state index >= 15 is 0 Å². The van der Waals surface area contributed by atoms with Crippen LogP contribution in [-0.4, -0.2) is 27.1 Å². The molecular weight excluding hydrogens is 530 g/mol. The summed E-state index contributed by atoms with van der Waals surface area (Å²) in [7, 11) is 0. The molecule has 0 aliphatic carbocycles. The minimum absolute atomic E-state index is 0.0512. The summed E-state index contributed by atoms with van der Waals surface area (Å²) in [4.78, 5) is 14.1. The molecule has 0 aliphatic rings. The van der Waals surface area contributed by atoms with Gasteiger partial charge in [0.15, 0.2) is 0 Å². The molecular formula is C38H51N3O2. The van der Waals surface area contributed by atoms with Crippen LogP contribution in [0.15, 0.2) is 60.7 Å². The van der Waals surface area contributed by atoms with E-state index in [0.717, 1.165) is 52.5 Å². The van der Waals surface area contributed by atoms with Crippen LogP contribution < -0.4 is 0 Å². The molecule has 4 rings (SSSR count). The smallest absolute Gasteiger partial charge is 0.306 e. The van der Waals surface area contributed by atoms with Crippen LogP contribution in [0.25, 0.3) is 33.3 Å². The Bertz CT molecular complexity index is 1430. The number of hydrogen-bond acceptors (Lipinski definition) is 4. The van der Waals surface area contributed by atoms with Crippen molar-refractivity contribution in [1.29, 1.82) is 0 Å². The van der Waals surface area contributed by atoms with E-state index < -0.39 is 0 Å². The Morgan fingerprint density at radius 3 is 1.51 bits per heavy atom. The molecule has 0 amide bonds. The third kappa shape index (κ3) is 8.13. The van der Waals surface area contributed by atoms with E-state index in [0.29, 0.717) is 13.0 Å². The van der Waals surface area contributed by atoms with E-state index in [1.54, 1.807) is 0 Å². The molecule has 0 bridgehead atoms. The molecule has 230 valence electrons. The van der Waals surface area contributed by atoms with E-state index in [2.05, 4.69) is 123 Å². The summed E-state index contributed by atoms with van der Waals surface area (Å²) in [5, 5.41) is 10.0. The van der Waals surface area contributed by atoms with E-state index in [9.17, 15) is 4.79 Å². The van der Waals surface area contributed by atoms with Gasteiger partial charge in [-0.1, -0.05) is 129 Å². The maximum absolute atomic E-state index is 12.3. The zero-order chi connectivity index (χ0) is 31.6. The molecule has 0 aliphatic heterocycles. The molecule has 0 saturated carbocycles. The fraction of sp³-hybridized carbons (Fsp3) is 0.500. The number of fused-ring (bicyclic) bond motifs is 1. The Morgan fingerprint density at radius 1 is 0.674 bits per heavy atom. The maximum Gasteiger partial charge on any atom is 0.306 e. The Kier molecular flexibility index (Phi) is 9.54. The van der Waals surface area contributed by atoms with Gasteiger partial charge in [-0.2, -0.15) is 15.0 Å². The molecule has 0 N–H and O–H groups in total. The van der Waals surface area contributed by atoms with Crippen molar-refractivity contribution in [3.63, 3.8) is 0 Å². The molecule has 4 aromatic rings. The lowest BCUT2D eigenvalue weighted by Crippen LogP contribution is -2.28. The molecule has 3 aromatic carbocycles. The van der Waals surface area contributed by atoms with Crippen LogP contribution in [0.5, 0.6) is 0 Å². The van der Waals surface area contributed by atoms with Gasteiger partial charge in [-0.05, 0) is 58.3 Å². The van der Waals surface area contributed by atoms with Gasteiger partial charge >= 0.3 is 5.97 Å². The second kappa shape index (κ2) is 12.6. The van der Waals surface area contributed by atoms with Crippen molar-refractivity contribution in [2.75, 3.05) is 0 Å². The number of benzene rings is 3. The molecule has 1 aromatic heterocycles. The largest absolute Gasteiger partial charge is 0.462 e. The number of esters is 1. The normalized spacial score (nSPS) is 13.3. The zero-order valence-electron chi connectivity index (χ0n) is 28.0. The average molecular weight is 582 g/mol. The molecule has 0 fully saturated rings. The van der Waals surface area contributed by atoms with Crippen molar-refractivity contribution in [2.45, 2.75) is 118 Å². The number of hydrogen-bond donors (Lipinski definition) is 0. The lowest BCUT2D eigenvalue weighted by Gasteiger charge is -2.26. The van der Waals surface area contributed by atoms with Gasteiger partial charge in [0.2, 0.25) is 0 Å². The molecule has 1 atom stereocenters. The number of unbranched alkanes of at least 4 members (excludes halogenated alkanes) is 2. The molecule has 5 heteroatoms. The lowest BCUT2D eigenvalue weighted by molar-refractivity contribution is -0.153. The van der Waals surface area contributed by atoms with Gasteiger partial charge in [0.25, 0.3) is 0 Å². The van der Waals surface area contributed by atoms with Gasteiger partial charge in [0.05, 0.1) is 6.54 Å². The molecule has 1 heterocycles. The third-order valence-electron chi connectivity index (χ3n) is 8.47. The summed E-state index contributed by atoms with van der Waals surface area (Å²) in [5.41, 5.74) is 9.06. The zero-order valence-corrected chi connectivity index (χ0v) is 28.0. The number of carbonyl (C=O) groups is 1. The van der Waals surface area contributed by atoms with Crippen molar-refractivity contribution < 1.29 is 9.53 Å². The summed E-state index contributed by atoms with van der Waals surface area (Å²) < 4.78 is 5.61. The molecule has 0 radical (unpaired) electrons. The van der Waals surface area contributed by atoms with E-state index in [1.165, 1.54) is 11.1 Å². The van der Waals surface area contributed by atoms with Gasteiger partial charge in [-0.25, -0.2) is 0 Å². The van der Waals surface area contributed by atoms with Crippen LogP contribution in [0.1, 0.15) is 106 Å². The molecule has 1 unspecified atom stereocenters. The van der Waals surface area contributed by atoms with E-state index in [1.807, 2.05) is 11.7 Å². The van der Waals surface area contributed by atoms with Gasteiger partial charge in [0.1, 0.15) is 17.1 Å². The molecule has 0 saturated heterocycles. The van der Waals surface area contributed by atoms with Crippen molar-refractivity contribution in [2.24, 2.45) is 5.41 Å². The SMILES string of the molecule is CC(OC(=O)CCCCCn1nc2c(-c3ccc(C(C)(C)C)cc3)ccc(-c3ccc(C(C)(C)C)cc3)c2n1)C(C)(C)C. The van der Waals surface area contributed by atoms with Crippen LogP contribution in [0.2, 0.25) is 0 Å². The Morgan fingerprint density at radius 2 is 1.12 bits per heavy atom. The highest BCUT2D eigenvalue weighted by Crippen LogP contribution is 2.36. The highest BCUT2D eigenvalue weighted by Gasteiger charge is 2.23. The van der Waals surface area contributed by atoms with Crippen LogP contribution in [0.4, 0.5) is 0 Å². The number of aromatic nitrogens is 3. The van der Waals surface area contributed by atoms with Crippen LogP contribution in [-0.2, 0) is 26.9 Å². The van der Waals surface area contributed by atoms with E-state index in [-0.39, 0.29) is 28.3 Å². The van der Waals surface area contributed by atoms with Crippen LogP contribution in [0, 0.1) is 5.41 Å². The number of nitrogens with zero attached hydrogens (tertiary/aromatic N) is 3. The van der Waals surface area contributed by atoms with Gasteiger partial charge < -0.3 is 4.74 Å². The van der Waals surface area contributed by atoms with E-state index in [4.69, 9.17) is 14.9 Å². The Hall–Kier alpha value is -3.47. The second-order valence-electron chi connectivity index (χ2n) is 15.1. The first-order valence-electron chi connectivity index (χ1n) is 15.8. The minimum atomic E-state index is -0.116. The third-order valence-corrected chi connectivity index (χ3v) is 8.47. The Labute approximate surface area is 259 Å². The van der Waals surface area contributed by atoms with Gasteiger partial charge in [-0.15, -0.1) is 0 Å². The topological polar surface area (TPSA) is 57.0 Å². The number of ether oxygens (including phenoxy) is 1. The maximum atomic E-state index is 12.3. The number of carbonyl (C=O) groups excluding carboxylic acids is 1. The minimum Gasteiger partial charge on any atom is -0.462 e. The standard InChI is InChI=1S/C38H51N3O2/c1-26(36(2,3)4)43-33(42)14-12-11-13-25-41-39-34-31(27-15-19-29(20-16-27)37(5,6)7)23-24-32(35(34)40-41)28-17-21-30(22-18-28)38(8,9)10/h15-24,26H,11-14,25H2,1-10H3. The van der Waals surface area contributed by atoms with Crippen molar-refractivity contribution in [3.8, 4) is 22.3 Å².